The van der Waals surface area contributed by atoms with E-state index in [1.54, 1.807) is 30.5 Å². The predicted octanol–water partition coefficient (Wildman–Crippen LogP) is 2.02. The quantitative estimate of drug-likeness (QED) is 0.794. The van der Waals surface area contributed by atoms with Crippen LogP contribution in [0.5, 0.6) is 0 Å². The maximum absolute atomic E-state index is 12.7. The highest BCUT2D eigenvalue weighted by Crippen LogP contribution is 2.18. The molecule has 0 aliphatic heterocycles. The van der Waals surface area contributed by atoms with Gasteiger partial charge in [-0.05, 0) is 43.3 Å². The van der Waals surface area contributed by atoms with Crippen molar-refractivity contribution in [2.45, 2.75) is 6.92 Å². The fourth-order valence-electron chi connectivity index (χ4n) is 2.23. The lowest BCUT2D eigenvalue weighted by Crippen LogP contribution is -2.35. The molecule has 0 saturated heterocycles. The Hall–Kier alpha value is -3.29. The Balaban J connectivity index is 1.97. The molecule has 1 N–H and O–H groups in total. The second-order valence-corrected chi connectivity index (χ2v) is 4.73. The molecule has 23 heavy (non-hydrogen) atoms. The standard InChI is InChI=1S/C15H13N5O3/c1-2-19(11-7-5-10(6-8-11)14(21)22)15(23)20-12-4-3-9-16-13(12)17-18-20/h3-9H,2H2,1H3,(H,21,22). The number of hydrogen-bond donors (Lipinski definition) is 1. The molecule has 8 heteroatoms. The lowest BCUT2D eigenvalue weighted by atomic mass is 10.2. The molecule has 2 aromatic heterocycles. The second-order valence-electron chi connectivity index (χ2n) is 4.73. The van der Waals surface area contributed by atoms with Crippen LogP contribution in [-0.2, 0) is 0 Å². The van der Waals surface area contributed by atoms with E-state index >= 15 is 0 Å². The van der Waals surface area contributed by atoms with Crippen molar-refractivity contribution in [1.82, 2.24) is 20.0 Å². The van der Waals surface area contributed by atoms with Gasteiger partial charge < -0.3 is 5.11 Å². The van der Waals surface area contributed by atoms with Gasteiger partial charge in [-0.2, -0.15) is 4.68 Å². The largest absolute Gasteiger partial charge is 0.478 e. The van der Waals surface area contributed by atoms with Gasteiger partial charge in [-0.25, -0.2) is 14.6 Å². The number of aromatic carboxylic acids is 1. The molecule has 0 fully saturated rings. The molecule has 0 aliphatic carbocycles. The summed E-state index contributed by atoms with van der Waals surface area (Å²) in [4.78, 5) is 29.1. The van der Waals surface area contributed by atoms with E-state index in [1.807, 2.05) is 6.92 Å². The minimum atomic E-state index is -1.01. The van der Waals surface area contributed by atoms with Gasteiger partial charge >= 0.3 is 12.0 Å². The van der Waals surface area contributed by atoms with E-state index in [0.29, 0.717) is 23.4 Å². The van der Waals surface area contributed by atoms with Crippen LogP contribution in [0.2, 0.25) is 0 Å². The lowest BCUT2D eigenvalue weighted by molar-refractivity contribution is 0.0697. The van der Waals surface area contributed by atoms with Crippen LogP contribution in [0.15, 0.2) is 42.6 Å². The van der Waals surface area contributed by atoms with Gasteiger partial charge in [0.05, 0.1) is 5.56 Å². The average Bonchev–Trinajstić information content (AvgIpc) is 3.00. The minimum Gasteiger partial charge on any atom is -0.478 e. The first-order valence-electron chi connectivity index (χ1n) is 6.93. The summed E-state index contributed by atoms with van der Waals surface area (Å²) in [6.07, 6.45) is 1.58. The molecule has 0 atom stereocenters. The molecular weight excluding hydrogens is 298 g/mol. The number of benzene rings is 1. The smallest absolute Gasteiger partial charge is 0.351 e. The molecular formula is C15H13N5O3. The zero-order valence-electron chi connectivity index (χ0n) is 12.2. The zero-order chi connectivity index (χ0) is 16.4. The van der Waals surface area contributed by atoms with Gasteiger partial charge in [-0.1, -0.05) is 5.21 Å². The van der Waals surface area contributed by atoms with Crippen LogP contribution in [0.1, 0.15) is 17.3 Å². The minimum absolute atomic E-state index is 0.160. The SMILES string of the molecule is CCN(C(=O)n1nnc2ncccc21)c1ccc(C(=O)O)cc1. The molecule has 0 saturated carbocycles. The topological polar surface area (TPSA) is 101 Å². The number of amides is 1. The third-order valence-corrected chi connectivity index (χ3v) is 3.38. The molecule has 0 bridgehead atoms. The number of aromatic nitrogens is 4. The summed E-state index contributed by atoms with van der Waals surface area (Å²) in [5.74, 6) is -1.01. The molecule has 2 heterocycles. The van der Waals surface area contributed by atoms with E-state index in [0.717, 1.165) is 0 Å². The Bertz CT molecular complexity index is 872. The number of carboxylic acids is 1. The molecule has 8 nitrogen and oxygen atoms in total. The van der Waals surface area contributed by atoms with Crippen molar-refractivity contribution in [2.75, 3.05) is 11.4 Å². The van der Waals surface area contributed by atoms with Crippen molar-refractivity contribution >= 4 is 28.9 Å². The van der Waals surface area contributed by atoms with Gasteiger partial charge in [0.25, 0.3) is 0 Å². The van der Waals surface area contributed by atoms with Crippen molar-refractivity contribution in [3.8, 4) is 0 Å². The average molecular weight is 311 g/mol. The molecule has 0 spiro atoms. The molecule has 3 aromatic rings. The normalized spacial score (nSPS) is 10.7. The van der Waals surface area contributed by atoms with Crippen LogP contribution in [0.4, 0.5) is 10.5 Å². The summed E-state index contributed by atoms with van der Waals surface area (Å²) in [7, 11) is 0. The van der Waals surface area contributed by atoms with E-state index in [9.17, 15) is 9.59 Å². The number of nitrogens with zero attached hydrogens (tertiary/aromatic N) is 5. The molecule has 1 aromatic carbocycles. The van der Waals surface area contributed by atoms with Crippen molar-refractivity contribution in [3.05, 3.63) is 48.2 Å². The third kappa shape index (κ3) is 2.61. The lowest BCUT2D eigenvalue weighted by Gasteiger charge is -2.20. The maximum Gasteiger partial charge on any atom is 0.351 e. The summed E-state index contributed by atoms with van der Waals surface area (Å²) in [5, 5.41) is 16.7. The first-order valence-corrected chi connectivity index (χ1v) is 6.93. The molecule has 0 aliphatic rings. The number of rotatable bonds is 3. The van der Waals surface area contributed by atoms with Gasteiger partial charge in [0.15, 0.2) is 0 Å². The number of pyridine rings is 1. The van der Waals surface area contributed by atoms with Crippen LogP contribution in [0.3, 0.4) is 0 Å². The van der Waals surface area contributed by atoms with E-state index in [-0.39, 0.29) is 11.6 Å². The highest BCUT2D eigenvalue weighted by atomic mass is 16.4. The second kappa shape index (κ2) is 5.84. The number of carbonyl (C=O) groups is 2. The van der Waals surface area contributed by atoms with Gasteiger partial charge in [-0.3, -0.25) is 4.90 Å². The molecule has 1 amide bonds. The van der Waals surface area contributed by atoms with Gasteiger partial charge in [0.1, 0.15) is 5.52 Å². The molecule has 0 unspecified atom stereocenters. The first kappa shape index (κ1) is 14.6. The van der Waals surface area contributed by atoms with Crippen molar-refractivity contribution in [2.24, 2.45) is 0 Å². The monoisotopic (exact) mass is 311 g/mol. The van der Waals surface area contributed by atoms with Gasteiger partial charge in [0.2, 0.25) is 5.65 Å². The maximum atomic E-state index is 12.7. The van der Waals surface area contributed by atoms with E-state index in [4.69, 9.17) is 5.11 Å². The van der Waals surface area contributed by atoms with Crippen LogP contribution in [0.25, 0.3) is 11.2 Å². The van der Waals surface area contributed by atoms with Crippen molar-refractivity contribution in [3.63, 3.8) is 0 Å². The summed E-state index contributed by atoms with van der Waals surface area (Å²) in [6.45, 7) is 2.22. The van der Waals surface area contributed by atoms with Crippen LogP contribution in [0, 0.1) is 0 Å². The van der Waals surface area contributed by atoms with Crippen molar-refractivity contribution in [1.29, 1.82) is 0 Å². The van der Waals surface area contributed by atoms with Crippen molar-refractivity contribution < 1.29 is 14.7 Å². The molecule has 116 valence electrons. The molecule has 0 radical (unpaired) electrons. The Morgan fingerprint density at radius 2 is 1.96 bits per heavy atom. The van der Waals surface area contributed by atoms with Gasteiger partial charge in [0, 0.05) is 18.4 Å². The summed E-state index contributed by atoms with van der Waals surface area (Å²) in [5.41, 5.74) is 1.64. The van der Waals surface area contributed by atoms with E-state index in [2.05, 4.69) is 15.3 Å². The first-order chi connectivity index (χ1) is 11.1. The summed E-state index contributed by atoms with van der Waals surface area (Å²) >= 11 is 0. The summed E-state index contributed by atoms with van der Waals surface area (Å²) in [6, 6.07) is 9.11. The Labute approximate surface area is 131 Å². The highest BCUT2D eigenvalue weighted by Gasteiger charge is 2.20. The Kier molecular flexibility index (Phi) is 3.71. The van der Waals surface area contributed by atoms with Crippen LogP contribution >= 0.6 is 0 Å². The number of hydrogen-bond acceptors (Lipinski definition) is 5. The Morgan fingerprint density at radius 1 is 1.22 bits per heavy atom. The predicted molar refractivity (Wildman–Crippen MR) is 82.5 cm³/mol. The number of carbonyl (C=O) groups excluding carboxylic acids is 1. The fraction of sp³-hybridized carbons (Fsp3) is 0.133. The molecule has 3 rings (SSSR count). The number of carboxylic acid groups (broad SMARTS) is 1. The van der Waals surface area contributed by atoms with E-state index < -0.39 is 5.97 Å². The number of anilines is 1. The van der Waals surface area contributed by atoms with E-state index in [1.165, 1.54) is 21.7 Å². The third-order valence-electron chi connectivity index (χ3n) is 3.38. The fourth-order valence-corrected chi connectivity index (χ4v) is 2.23. The van der Waals surface area contributed by atoms with Crippen LogP contribution < -0.4 is 4.90 Å². The zero-order valence-corrected chi connectivity index (χ0v) is 12.2. The summed E-state index contributed by atoms with van der Waals surface area (Å²) < 4.78 is 1.18. The van der Waals surface area contributed by atoms with Gasteiger partial charge in [-0.15, -0.1) is 5.10 Å². The highest BCUT2D eigenvalue weighted by molar-refractivity contribution is 5.98. The van der Waals surface area contributed by atoms with Crippen LogP contribution in [-0.4, -0.2) is 43.6 Å². The Morgan fingerprint density at radius 3 is 2.61 bits per heavy atom. The number of fused-ring (bicyclic) bond motifs is 1.